The average molecular weight is 322 g/mol. The number of aromatic nitrogens is 3. The lowest BCUT2D eigenvalue weighted by atomic mass is 10.1. The van der Waals surface area contributed by atoms with E-state index in [4.69, 9.17) is 23.2 Å². The summed E-state index contributed by atoms with van der Waals surface area (Å²) in [5.74, 6) is 0.578. The van der Waals surface area contributed by atoms with Gasteiger partial charge in [0.15, 0.2) is 0 Å². The van der Waals surface area contributed by atoms with Crippen molar-refractivity contribution in [3.8, 4) is 5.69 Å². The summed E-state index contributed by atoms with van der Waals surface area (Å²) in [6, 6.07) is 3.55. The quantitative estimate of drug-likeness (QED) is 0.817. The minimum absolute atomic E-state index is 0.0123. The standard InChI is InChI=1S/C12H8Cl2F3N3/c13-7-3-4-9(8(5-7)12(15,16)17)20-10(6-1-2-6)18-19-11(20)14/h3-6H,1-2H2. The monoisotopic (exact) mass is 321 g/mol. The maximum Gasteiger partial charge on any atom is 0.418 e. The fraction of sp³-hybridized carbons (Fsp3) is 0.333. The van der Waals surface area contributed by atoms with Gasteiger partial charge in [0.2, 0.25) is 5.28 Å². The summed E-state index contributed by atoms with van der Waals surface area (Å²) in [6.45, 7) is 0. The molecule has 1 aliphatic rings. The first-order chi connectivity index (χ1) is 9.38. The van der Waals surface area contributed by atoms with Gasteiger partial charge in [0.25, 0.3) is 0 Å². The van der Waals surface area contributed by atoms with E-state index in [2.05, 4.69) is 10.2 Å². The average Bonchev–Trinajstić information content (AvgIpc) is 3.13. The number of rotatable bonds is 2. The van der Waals surface area contributed by atoms with Crippen molar-refractivity contribution in [1.29, 1.82) is 0 Å². The van der Waals surface area contributed by atoms with E-state index >= 15 is 0 Å². The summed E-state index contributed by atoms with van der Waals surface area (Å²) in [7, 11) is 0. The zero-order chi connectivity index (χ0) is 14.5. The molecule has 1 aliphatic carbocycles. The van der Waals surface area contributed by atoms with Gasteiger partial charge in [-0.25, -0.2) is 0 Å². The number of alkyl halides is 3. The Morgan fingerprint density at radius 2 is 1.85 bits per heavy atom. The Morgan fingerprint density at radius 1 is 1.15 bits per heavy atom. The maximum atomic E-state index is 13.1. The van der Waals surface area contributed by atoms with E-state index in [1.165, 1.54) is 16.7 Å². The van der Waals surface area contributed by atoms with E-state index in [-0.39, 0.29) is 21.9 Å². The number of hydrogen-bond acceptors (Lipinski definition) is 2. The highest BCUT2D eigenvalue weighted by Gasteiger charge is 2.37. The molecule has 0 amide bonds. The molecule has 0 spiro atoms. The zero-order valence-corrected chi connectivity index (χ0v) is 11.5. The molecule has 0 unspecified atom stereocenters. The van der Waals surface area contributed by atoms with Crippen molar-refractivity contribution in [2.45, 2.75) is 24.9 Å². The molecule has 1 saturated carbocycles. The van der Waals surface area contributed by atoms with E-state index in [9.17, 15) is 13.2 Å². The summed E-state index contributed by atoms with van der Waals surface area (Å²) >= 11 is 11.6. The van der Waals surface area contributed by atoms with Crippen molar-refractivity contribution in [2.75, 3.05) is 0 Å². The molecule has 0 aliphatic heterocycles. The Hall–Kier alpha value is -1.27. The summed E-state index contributed by atoms with van der Waals surface area (Å²) in [5.41, 5.74) is -0.951. The highest BCUT2D eigenvalue weighted by Crippen LogP contribution is 2.43. The smallest absolute Gasteiger partial charge is 0.269 e. The molecule has 1 aromatic carbocycles. The fourth-order valence-electron chi connectivity index (χ4n) is 2.04. The van der Waals surface area contributed by atoms with Crippen molar-refractivity contribution in [3.63, 3.8) is 0 Å². The molecule has 1 aromatic heterocycles. The predicted molar refractivity (Wildman–Crippen MR) is 68.4 cm³/mol. The Labute approximate surface area is 122 Å². The van der Waals surface area contributed by atoms with Crippen molar-refractivity contribution in [3.05, 3.63) is 39.9 Å². The van der Waals surface area contributed by atoms with Gasteiger partial charge in [0, 0.05) is 10.9 Å². The third-order valence-electron chi connectivity index (χ3n) is 3.10. The van der Waals surface area contributed by atoms with Gasteiger partial charge in [0.1, 0.15) is 5.82 Å². The van der Waals surface area contributed by atoms with Crippen molar-refractivity contribution in [2.24, 2.45) is 0 Å². The van der Waals surface area contributed by atoms with Gasteiger partial charge >= 0.3 is 6.18 Å². The van der Waals surface area contributed by atoms with Gasteiger partial charge in [-0.2, -0.15) is 13.2 Å². The largest absolute Gasteiger partial charge is 0.418 e. The molecule has 3 rings (SSSR count). The lowest BCUT2D eigenvalue weighted by Crippen LogP contribution is -2.12. The van der Waals surface area contributed by atoms with Crippen LogP contribution in [0.15, 0.2) is 18.2 Å². The summed E-state index contributed by atoms with van der Waals surface area (Å²) < 4.78 is 40.7. The molecule has 0 atom stereocenters. The fourth-order valence-corrected chi connectivity index (χ4v) is 2.42. The minimum atomic E-state index is -4.53. The minimum Gasteiger partial charge on any atom is -0.269 e. The third-order valence-corrected chi connectivity index (χ3v) is 3.58. The molecule has 106 valence electrons. The lowest BCUT2D eigenvalue weighted by molar-refractivity contribution is -0.137. The first-order valence-electron chi connectivity index (χ1n) is 5.86. The molecule has 2 aromatic rings. The Morgan fingerprint density at radius 3 is 2.45 bits per heavy atom. The molecule has 0 radical (unpaired) electrons. The van der Waals surface area contributed by atoms with Crippen LogP contribution < -0.4 is 0 Å². The molecule has 0 N–H and O–H groups in total. The molecular formula is C12H8Cl2F3N3. The molecule has 0 saturated heterocycles. The Kier molecular flexibility index (Phi) is 3.17. The van der Waals surface area contributed by atoms with Crippen molar-refractivity contribution in [1.82, 2.24) is 14.8 Å². The number of benzene rings is 1. The van der Waals surface area contributed by atoms with Gasteiger partial charge in [-0.05, 0) is 42.6 Å². The van der Waals surface area contributed by atoms with Crippen LogP contribution >= 0.6 is 23.2 Å². The second-order valence-electron chi connectivity index (χ2n) is 4.60. The molecule has 1 heterocycles. The van der Waals surface area contributed by atoms with Crippen LogP contribution in [0.1, 0.15) is 30.1 Å². The van der Waals surface area contributed by atoms with Gasteiger partial charge in [-0.1, -0.05) is 11.6 Å². The van der Waals surface area contributed by atoms with E-state index in [0.29, 0.717) is 5.82 Å². The van der Waals surface area contributed by atoms with Crippen LogP contribution in [0.25, 0.3) is 5.69 Å². The summed E-state index contributed by atoms with van der Waals surface area (Å²) in [6.07, 6.45) is -2.78. The Bertz CT molecular complexity index is 662. The van der Waals surface area contributed by atoms with Crippen LogP contribution in [0.4, 0.5) is 13.2 Å². The van der Waals surface area contributed by atoms with Gasteiger partial charge in [0.05, 0.1) is 11.3 Å². The van der Waals surface area contributed by atoms with Crippen LogP contribution in [0.5, 0.6) is 0 Å². The van der Waals surface area contributed by atoms with Crippen molar-refractivity contribution >= 4 is 23.2 Å². The Balaban J connectivity index is 2.22. The molecule has 1 fully saturated rings. The molecule has 8 heteroatoms. The predicted octanol–water partition coefficient (Wildman–Crippen LogP) is 4.47. The zero-order valence-electron chi connectivity index (χ0n) is 9.96. The SMILES string of the molecule is FC(F)(F)c1cc(Cl)ccc1-n1c(Cl)nnc1C1CC1. The van der Waals surface area contributed by atoms with Gasteiger partial charge in [-0.15, -0.1) is 10.2 Å². The lowest BCUT2D eigenvalue weighted by Gasteiger charge is -2.15. The normalized spacial score (nSPS) is 15.7. The summed E-state index contributed by atoms with van der Waals surface area (Å²) in [5, 5.41) is 7.49. The summed E-state index contributed by atoms with van der Waals surface area (Å²) in [4.78, 5) is 0. The van der Waals surface area contributed by atoms with E-state index < -0.39 is 11.7 Å². The highest BCUT2D eigenvalue weighted by molar-refractivity contribution is 6.30. The molecule has 0 bridgehead atoms. The van der Waals surface area contributed by atoms with Crippen LogP contribution in [-0.2, 0) is 6.18 Å². The van der Waals surface area contributed by atoms with E-state index in [1.54, 1.807) is 0 Å². The maximum absolute atomic E-state index is 13.1. The number of halogens is 5. The third kappa shape index (κ3) is 2.38. The molecule has 3 nitrogen and oxygen atoms in total. The number of nitrogens with zero attached hydrogens (tertiary/aromatic N) is 3. The van der Waals surface area contributed by atoms with Crippen LogP contribution in [0.3, 0.4) is 0 Å². The van der Waals surface area contributed by atoms with Crippen LogP contribution in [0, 0.1) is 0 Å². The topological polar surface area (TPSA) is 30.7 Å². The first kappa shape index (κ1) is 13.7. The van der Waals surface area contributed by atoms with Crippen LogP contribution in [0.2, 0.25) is 10.3 Å². The van der Waals surface area contributed by atoms with Crippen molar-refractivity contribution < 1.29 is 13.2 Å². The van der Waals surface area contributed by atoms with Gasteiger partial charge in [-0.3, -0.25) is 4.57 Å². The number of hydrogen-bond donors (Lipinski definition) is 0. The second kappa shape index (κ2) is 4.63. The second-order valence-corrected chi connectivity index (χ2v) is 5.37. The van der Waals surface area contributed by atoms with E-state index in [0.717, 1.165) is 18.9 Å². The molecule has 20 heavy (non-hydrogen) atoms. The van der Waals surface area contributed by atoms with Gasteiger partial charge < -0.3 is 0 Å². The van der Waals surface area contributed by atoms with E-state index in [1.807, 2.05) is 0 Å². The molecular weight excluding hydrogens is 314 g/mol. The first-order valence-corrected chi connectivity index (χ1v) is 6.61. The highest BCUT2D eigenvalue weighted by atomic mass is 35.5. The van der Waals surface area contributed by atoms with Crippen LogP contribution in [-0.4, -0.2) is 14.8 Å².